The van der Waals surface area contributed by atoms with E-state index in [2.05, 4.69) is 5.32 Å². The molecule has 0 unspecified atom stereocenters. The average Bonchev–Trinajstić information content (AvgIpc) is 2.63. The Morgan fingerprint density at radius 1 is 1.89 bits per heavy atom. The molecule has 52 valence electrons. The molecule has 1 heterocycles. The molecule has 0 aromatic carbocycles. The molecule has 0 saturated carbocycles. The molecule has 0 aromatic rings. The number of hydrogen-bond donors (Lipinski definition) is 1. The molecule has 1 aliphatic rings. The largest absolute Gasteiger partial charge is 0.465 e. The van der Waals surface area contributed by atoms with Crippen LogP contribution in [0.15, 0.2) is 0 Å². The van der Waals surface area contributed by atoms with Crippen molar-refractivity contribution < 1.29 is 9.53 Å². The fourth-order valence-corrected chi connectivity index (χ4v) is 0.529. The second-order valence-electron chi connectivity index (χ2n) is 2.13. The van der Waals surface area contributed by atoms with E-state index in [1.54, 1.807) is 0 Å². The number of nitrogens with one attached hydrogen (secondary N) is 1. The molecular formula is C6H11NO2. The molecule has 0 bridgehead atoms. The maximum atomic E-state index is 10.7. The first-order valence-electron chi connectivity index (χ1n) is 3.24. The SMILES string of the molecule is CCCOC(=O)[C@H]1CN1. The third kappa shape index (κ3) is 2.01. The Labute approximate surface area is 54.4 Å². The van der Waals surface area contributed by atoms with Gasteiger partial charge in [-0.1, -0.05) is 6.92 Å². The van der Waals surface area contributed by atoms with Gasteiger partial charge in [0, 0.05) is 6.54 Å². The lowest BCUT2D eigenvalue weighted by Gasteiger charge is -1.97. The monoisotopic (exact) mass is 129 g/mol. The normalized spacial score (nSPS) is 23.4. The highest BCUT2D eigenvalue weighted by Crippen LogP contribution is 1.99. The van der Waals surface area contributed by atoms with Crippen LogP contribution in [0.2, 0.25) is 0 Å². The number of hydrogen-bond acceptors (Lipinski definition) is 3. The molecule has 1 aliphatic heterocycles. The van der Waals surface area contributed by atoms with E-state index in [1.807, 2.05) is 6.92 Å². The van der Waals surface area contributed by atoms with Gasteiger partial charge in [-0.2, -0.15) is 0 Å². The van der Waals surface area contributed by atoms with Crippen molar-refractivity contribution in [1.29, 1.82) is 0 Å². The lowest BCUT2D eigenvalue weighted by molar-refractivity contribution is -0.142. The van der Waals surface area contributed by atoms with Gasteiger partial charge < -0.3 is 10.1 Å². The van der Waals surface area contributed by atoms with Gasteiger partial charge in [-0.15, -0.1) is 0 Å². The summed E-state index contributed by atoms with van der Waals surface area (Å²) in [6, 6.07) is 0.0107. The van der Waals surface area contributed by atoms with Gasteiger partial charge in [0.05, 0.1) is 6.61 Å². The molecule has 0 aromatic heterocycles. The topological polar surface area (TPSA) is 48.2 Å². The minimum absolute atomic E-state index is 0.0107. The standard InChI is InChI=1S/C6H11NO2/c1-2-3-9-6(8)5-4-7-5/h5,7H,2-4H2,1H3/t5-/m1/s1. The lowest BCUT2D eigenvalue weighted by Crippen LogP contribution is -2.14. The summed E-state index contributed by atoms with van der Waals surface area (Å²) in [5.74, 6) is -0.100. The van der Waals surface area contributed by atoms with E-state index in [-0.39, 0.29) is 12.0 Å². The minimum atomic E-state index is -0.100. The van der Waals surface area contributed by atoms with Crippen LogP contribution in [-0.2, 0) is 9.53 Å². The van der Waals surface area contributed by atoms with E-state index in [9.17, 15) is 4.79 Å². The molecule has 1 N–H and O–H groups in total. The Kier molecular flexibility index (Phi) is 2.05. The van der Waals surface area contributed by atoms with Gasteiger partial charge in [-0.05, 0) is 6.42 Å². The summed E-state index contributed by atoms with van der Waals surface area (Å²) < 4.78 is 4.81. The van der Waals surface area contributed by atoms with Crippen molar-refractivity contribution in [2.45, 2.75) is 19.4 Å². The summed E-state index contributed by atoms with van der Waals surface area (Å²) in [4.78, 5) is 10.7. The van der Waals surface area contributed by atoms with Crippen molar-refractivity contribution in [3.63, 3.8) is 0 Å². The van der Waals surface area contributed by atoms with Gasteiger partial charge in [0.25, 0.3) is 0 Å². The summed E-state index contributed by atoms with van der Waals surface area (Å²) in [5.41, 5.74) is 0. The molecule has 1 fully saturated rings. The van der Waals surface area contributed by atoms with Crippen LogP contribution in [0.3, 0.4) is 0 Å². The van der Waals surface area contributed by atoms with Gasteiger partial charge in [0.15, 0.2) is 0 Å². The van der Waals surface area contributed by atoms with Crippen molar-refractivity contribution in [1.82, 2.24) is 5.32 Å². The van der Waals surface area contributed by atoms with Crippen LogP contribution in [0, 0.1) is 0 Å². The van der Waals surface area contributed by atoms with Crippen LogP contribution >= 0.6 is 0 Å². The zero-order valence-corrected chi connectivity index (χ0v) is 5.52. The van der Waals surface area contributed by atoms with Crippen molar-refractivity contribution in [2.75, 3.05) is 13.2 Å². The second kappa shape index (κ2) is 2.82. The zero-order chi connectivity index (χ0) is 6.69. The predicted octanol–water partition coefficient (Wildman–Crippen LogP) is -0.0886. The number of carbonyl (C=O) groups is 1. The van der Waals surface area contributed by atoms with E-state index >= 15 is 0 Å². The van der Waals surface area contributed by atoms with Gasteiger partial charge in [0.2, 0.25) is 0 Å². The lowest BCUT2D eigenvalue weighted by atomic mass is 10.5. The number of esters is 1. The van der Waals surface area contributed by atoms with E-state index in [0.717, 1.165) is 13.0 Å². The fourth-order valence-electron chi connectivity index (χ4n) is 0.529. The maximum Gasteiger partial charge on any atom is 0.324 e. The molecule has 0 amide bonds. The van der Waals surface area contributed by atoms with Crippen molar-refractivity contribution >= 4 is 5.97 Å². The summed E-state index contributed by atoms with van der Waals surface area (Å²) in [7, 11) is 0. The molecule has 1 atom stereocenters. The smallest absolute Gasteiger partial charge is 0.324 e. The summed E-state index contributed by atoms with van der Waals surface area (Å²) in [5, 5.41) is 2.87. The average molecular weight is 129 g/mol. The van der Waals surface area contributed by atoms with E-state index in [1.165, 1.54) is 0 Å². The van der Waals surface area contributed by atoms with Crippen molar-refractivity contribution in [2.24, 2.45) is 0 Å². The van der Waals surface area contributed by atoms with Crippen LogP contribution in [0.25, 0.3) is 0 Å². The van der Waals surface area contributed by atoms with E-state index < -0.39 is 0 Å². The Balaban J connectivity index is 2.03. The first-order chi connectivity index (χ1) is 4.34. The van der Waals surface area contributed by atoms with Gasteiger partial charge in [0.1, 0.15) is 6.04 Å². The van der Waals surface area contributed by atoms with Crippen LogP contribution in [-0.4, -0.2) is 25.2 Å². The summed E-state index contributed by atoms with van der Waals surface area (Å²) >= 11 is 0. The summed E-state index contributed by atoms with van der Waals surface area (Å²) in [6.07, 6.45) is 0.901. The molecule has 0 aliphatic carbocycles. The molecule has 3 heteroatoms. The van der Waals surface area contributed by atoms with Crippen molar-refractivity contribution in [3.8, 4) is 0 Å². The molecular weight excluding hydrogens is 118 g/mol. The van der Waals surface area contributed by atoms with Gasteiger partial charge in [-0.25, -0.2) is 0 Å². The Bertz CT molecular complexity index is 110. The Hall–Kier alpha value is -0.570. The third-order valence-electron chi connectivity index (χ3n) is 1.14. The van der Waals surface area contributed by atoms with Crippen LogP contribution < -0.4 is 5.32 Å². The highest BCUT2D eigenvalue weighted by atomic mass is 16.5. The molecule has 1 saturated heterocycles. The fraction of sp³-hybridized carbons (Fsp3) is 0.833. The van der Waals surface area contributed by atoms with E-state index in [4.69, 9.17) is 4.74 Å². The third-order valence-corrected chi connectivity index (χ3v) is 1.14. The Morgan fingerprint density at radius 3 is 3.00 bits per heavy atom. The second-order valence-corrected chi connectivity index (χ2v) is 2.13. The molecule has 1 rings (SSSR count). The molecule has 0 radical (unpaired) electrons. The summed E-state index contributed by atoms with van der Waals surface area (Å²) in [6.45, 7) is 3.33. The van der Waals surface area contributed by atoms with Crippen molar-refractivity contribution in [3.05, 3.63) is 0 Å². The van der Waals surface area contributed by atoms with E-state index in [0.29, 0.717) is 6.61 Å². The highest BCUT2D eigenvalue weighted by molar-refractivity contribution is 5.78. The molecule has 9 heavy (non-hydrogen) atoms. The first kappa shape index (κ1) is 6.55. The predicted molar refractivity (Wildman–Crippen MR) is 33.0 cm³/mol. The van der Waals surface area contributed by atoms with Crippen LogP contribution in [0.4, 0.5) is 0 Å². The number of ether oxygens (including phenoxy) is 1. The minimum Gasteiger partial charge on any atom is -0.465 e. The molecule has 0 spiro atoms. The number of rotatable bonds is 3. The quantitative estimate of drug-likeness (QED) is 0.428. The highest BCUT2D eigenvalue weighted by Gasteiger charge is 2.29. The van der Waals surface area contributed by atoms with Gasteiger partial charge in [-0.3, -0.25) is 4.79 Å². The zero-order valence-electron chi connectivity index (χ0n) is 5.52. The maximum absolute atomic E-state index is 10.7. The first-order valence-corrected chi connectivity index (χ1v) is 3.24. The Morgan fingerprint density at radius 2 is 2.56 bits per heavy atom. The number of carbonyl (C=O) groups excluding carboxylic acids is 1. The van der Waals surface area contributed by atoms with Gasteiger partial charge >= 0.3 is 5.97 Å². The van der Waals surface area contributed by atoms with Crippen LogP contribution in [0.5, 0.6) is 0 Å². The van der Waals surface area contributed by atoms with Crippen LogP contribution in [0.1, 0.15) is 13.3 Å². The molecule has 3 nitrogen and oxygen atoms in total.